The monoisotopic (exact) mass is 337 g/mol. The number of hydrogen-bond acceptors (Lipinski definition) is 3. The molecule has 5 nitrogen and oxygen atoms in total. The number of hydrogen-bond donors (Lipinski definition) is 1. The molecular formula is C20H25N4O+. The van der Waals surface area contributed by atoms with Crippen molar-refractivity contribution in [2.75, 3.05) is 38.2 Å². The molecule has 4 rings (SSSR count). The zero-order chi connectivity index (χ0) is 17.2. The average Bonchev–Trinajstić information content (AvgIpc) is 2.98. The summed E-state index contributed by atoms with van der Waals surface area (Å²) in [6.45, 7) is 5.41. The second kappa shape index (κ2) is 6.76. The van der Waals surface area contributed by atoms with Crippen LogP contribution in [0.3, 0.4) is 0 Å². The van der Waals surface area contributed by atoms with Gasteiger partial charge >= 0.3 is 0 Å². The number of imidazole rings is 1. The van der Waals surface area contributed by atoms with E-state index in [4.69, 9.17) is 9.72 Å². The Kier molecular flexibility index (Phi) is 4.32. The molecule has 1 aliphatic heterocycles. The number of benzene rings is 2. The van der Waals surface area contributed by atoms with Crippen LogP contribution in [0, 0.1) is 0 Å². The molecule has 1 N–H and O–H groups in total. The van der Waals surface area contributed by atoms with E-state index < -0.39 is 0 Å². The van der Waals surface area contributed by atoms with Crippen molar-refractivity contribution in [2.45, 2.75) is 6.54 Å². The number of nitrogens with one attached hydrogen (secondary N) is 1. The van der Waals surface area contributed by atoms with Gasteiger partial charge in [0.25, 0.3) is 0 Å². The maximum Gasteiger partial charge on any atom is 0.165 e. The fourth-order valence-corrected chi connectivity index (χ4v) is 3.63. The van der Waals surface area contributed by atoms with Crippen LogP contribution in [0.1, 0.15) is 5.82 Å². The van der Waals surface area contributed by atoms with E-state index in [0.717, 1.165) is 44.0 Å². The first-order chi connectivity index (χ1) is 12.2. The predicted octanol–water partition coefficient (Wildman–Crippen LogP) is 1.49. The SMILES string of the molecule is COc1ccc(N2CC[NH+](Cc3nc4ccccc4n3C)CC2)cc1. The van der Waals surface area contributed by atoms with Crippen LogP contribution in [-0.4, -0.2) is 42.8 Å². The summed E-state index contributed by atoms with van der Waals surface area (Å²) in [5.74, 6) is 2.09. The number of piperazine rings is 1. The number of aryl methyl sites for hydroxylation is 1. The Morgan fingerprint density at radius 2 is 1.76 bits per heavy atom. The predicted molar refractivity (Wildman–Crippen MR) is 100 cm³/mol. The highest BCUT2D eigenvalue weighted by Gasteiger charge is 2.22. The number of quaternary nitrogens is 1. The minimum atomic E-state index is 0.912. The molecule has 1 fully saturated rings. The van der Waals surface area contributed by atoms with Crippen molar-refractivity contribution in [3.05, 3.63) is 54.4 Å². The minimum absolute atomic E-state index is 0.912. The molecular weight excluding hydrogens is 312 g/mol. The molecule has 0 amide bonds. The van der Waals surface area contributed by atoms with Crippen LogP contribution >= 0.6 is 0 Å². The molecule has 0 aliphatic carbocycles. The van der Waals surface area contributed by atoms with E-state index in [1.54, 1.807) is 12.0 Å². The van der Waals surface area contributed by atoms with Gasteiger partial charge in [0.2, 0.25) is 0 Å². The summed E-state index contributed by atoms with van der Waals surface area (Å²) in [6, 6.07) is 16.7. The summed E-state index contributed by atoms with van der Waals surface area (Å²) in [6.07, 6.45) is 0. The van der Waals surface area contributed by atoms with Gasteiger partial charge in [0.1, 0.15) is 12.3 Å². The summed E-state index contributed by atoms with van der Waals surface area (Å²) in [5.41, 5.74) is 3.59. The molecule has 0 spiro atoms. The molecule has 1 saturated heterocycles. The number of nitrogens with zero attached hydrogens (tertiary/aromatic N) is 3. The highest BCUT2D eigenvalue weighted by Crippen LogP contribution is 2.19. The fraction of sp³-hybridized carbons (Fsp3) is 0.350. The second-order valence-electron chi connectivity index (χ2n) is 6.69. The minimum Gasteiger partial charge on any atom is -0.497 e. The van der Waals surface area contributed by atoms with E-state index >= 15 is 0 Å². The molecule has 0 atom stereocenters. The van der Waals surface area contributed by atoms with Crippen molar-refractivity contribution in [1.29, 1.82) is 0 Å². The first-order valence-corrected chi connectivity index (χ1v) is 8.87. The van der Waals surface area contributed by atoms with Crippen LogP contribution in [0.25, 0.3) is 11.0 Å². The third kappa shape index (κ3) is 3.20. The third-order valence-corrected chi connectivity index (χ3v) is 5.20. The van der Waals surface area contributed by atoms with Crippen LogP contribution in [0.2, 0.25) is 0 Å². The maximum absolute atomic E-state index is 5.24. The first-order valence-electron chi connectivity index (χ1n) is 8.87. The van der Waals surface area contributed by atoms with Crippen molar-refractivity contribution < 1.29 is 9.64 Å². The molecule has 0 radical (unpaired) electrons. The zero-order valence-electron chi connectivity index (χ0n) is 14.9. The smallest absolute Gasteiger partial charge is 0.165 e. The topological polar surface area (TPSA) is 34.7 Å². The summed E-state index contributed by atoms with van der Waals surface area (Å²) >= 11 is 0. The van der Waals surface area contributed by atoms with Crippen molar-refractivity contribution >= 4 is 16.7 Å². The number of para-hydroxylation sites is 2. The van der Waals surface area contributed by atoms with Gasteiger partial charge in [0.05, 0.1) is 44.3 Å². The lowest BCUT2D eigenvalue weighted by atomic mass is 10.2. The lowest BCUT2D eigenvalue weighted by Crippen LogP contribution is -3.13. The molecule has 2 heterocycles. The highest BCUT2D eigenvalue weighted by molar-refractivity contribution is 5.75. The standard InChI is InChI=1S/C20H24N4O/c1-22-19-6-4-3-5-18(19)21-20(22)15-23-11-13-24(14-12-23)16-7-9-17(25-2)10-8-16/h3-10H,11-15H2,1-2H3/p+1. The summed E-state index contributed by atoms with van der Waals surface area (Å²) in [5, 5.41) is 0. The van der Waals surface area contributed by atoms with E-state index in [9.17, 15) is 0 Å². The zero-order valence-corrected chi connectivity index (χ0v) is 14.9. The quantitative estimate of drug-likeness (QED) is 0.783. The summed E-state index contributed by atoms with van der Waals surface area (Å²) in [4.78, 5) is 8.87. The number of anilines is 1. The maximum atomic E-state index is 5.24. The molecule has 1 aliphatic rings. The fourth-order valence-electron chi connectivity index (χ4n) is 3.63. The van der Waals surface area contributed by atoms with Gasteiger partial charge in [0.15, 0.2) is 5.82 Å². The van der Waals surface area contributed by atoms with Crippen LogP contribution in [0.15, 0.2) is 48.5 Å². The van der Waals surface area contributed by atoms with Crippen LogP contribution in [-0.2, 0) is 13.6 Å². The molecule has 0 bridgehead atoms. The molecule has 0 unspecified atom stereocenters. The van der Waals surface area contributed by atoms with E-state index in [2.05, 4.69) is 52.9 Å². The van der Waals surface area contributed by atoms with Gasteiger partial charge in [-0.2, -0.15) is 0 Å². The molecule has 25 heavy (non-hydrogen) atoms. The van der Waals surface area contributed by atoms with E-state index in [1.807, 2.05) is 12.1 Å². The van der Waals surface area contributed by atoms with Gasteiger partial charge in [-0.25, -0.2) is 4.98 Å². The van der Waals surface area contributed by atoms with Gasteiger partial charge in [-0.3, -0.25) is 0 Å². The molecule has 1 aromatic heterocycles. The Morgan fingerprint density at radius 1 is 1.04 bits per heavy atom. The Balaban J connectivity index is 1.40. The summed E-state index contributed by atoms with van der Waals surface area (Å²) in [7, 11) is 3.83. The average molecular weight is 337 g/mol. The van der Waals surface area contributed by atoms with E-state index in [0.29, 0.717) is 0 Å². The van der Waals surface area contributed by atoms with Gasteiger partial charge in [-0.15, -0.1) is 0 Å². The van der Waals surface area contributed by atoms with Crippen molar-refractivity contribution in [3.8, 4) is 5.75 Å². The molecule has 0 saturated carbocycles. The molecule has 5 heteroatoms. The van der Waals surface area contributed by atoms with Crippen LogP contribution in [0.5, 0.6) is 5.75 Å². The molecule has 2 aromatic carbocycles. The second-order valence-corrected chi connectivity index (χ2v) is 6.69. The molecule has 3 aromatic rings. The van der Waals surface area contributed by atoms with Gasteiger partial charge in [0, 0.05) is 12.7 Å². The van der Waals surface area contributed by atoms with Crippen LogP contribution in [0.4, 0.5) is 5.69 Å². The lowest BCUT2D eigenvalue weighted by Gasteiger charge is -2.33. The molecule has 130 valence electrons. The van der Waals surface area contributed by atoms with E-state index in [-0.39, 0.29) is 0 Å². The Labute approximate surface area is 148 Å². The van der Waals surface area contributed by atoms with E-state index in [1.165, 1.54) is 17.0 Å². The van der Waals surface area contributed by atoms with Crippen molar-refractivity contribution in [1.82, 2.24) is 9.55 Å². The van der Waals surface area contributed by atoms with Gasteiger partial charge in [-0.1, -0.05) is 12.1 Å². The Morgan fingerprint density at radius 3 is 2.44 bits per heavy atom. The van der Waals surface area contributed by atoms with Gasteiger partial charge in [-0.05, 0) is 36.4 Å². The number of rotatable bonds is 4. The normalized spacial score (nSPS) is 15.7. The Bertz CT molecular complexity index is 848. The van der Waals surface area contributed by atoms with Crippen LogP contribution < -0.4 is 14.5 Å². The number of ether oxygens (including phenoxy) is 1. The number of fused-ring (bicyclic) bond motifs is 1. The lowest BCUT2D eigenvalue weighted by molar-refractivity contribution is -0.915. The number of methoxy groups -OCH3 is 1. The Hall–Kier alpha value is -2.53. The van der Waals surface area contributed by atoms with Gasteiger partial charge < -0.3 is 19.1 Å². The third-order valence-electron chi connectivity index (χ3n) is 5.20. The van der Waals surface area contributed by atoms with Crippen molar-refractivity contribution in [3.63, 3.8) is 0 Å². The number of aromatic nitrogens is 2. The largest absolute Gasteiger partial charge is 0.497 e. The summed E-state index contributed by atoms with van der Waals surface area (Å²) < 4.78 is 7.48. The first kappa shape index (κ1) is 16.0. The highest BCUT2D eigenvalue weighted by atomic mass is 16.5. The van der Waals surface area contributed by atoms with Crippen molar-refractivity contribution in [2.24, 2.45) is 7.05 Å².